The first-order chi connectivity index (χ1) is 4.45. The van der Waals surface area contributed by atoms with E-state index in [1.165, 1.54) is 0 Å². The number of hydrogen-bond acceptors (Lipinski definition) is 2. The maximum atomic E-state index is 9.33. The molecule has 1 unspecified atom stereocenters. The smallest absolute Gasteiger partial charge is 0.0592 e. The molecule has 0 aliphatic heterocycles. The van der Waals surface area contributed by atoms with Crippen LogP contribution in [-0.4, -0.2) is 23.8 Å². The van der Waals surface area contributed by atoms with E-state index in [-0.39, 0.29) is 0 Å². The fraction of sp³-hybridized carbons (Fsp3) is 1.00. The fourth-order valence-corrected chi connectivity index (χ4v) is 0.714. The summed E-state index contributed by atoms with van der Waals surface area (Å²) in [6.45, 7) is 5.80. The van der Waals surface area contributed by atoms with Crippen LogP contribution in [0.3, 0.4) is 0 Å². The SMILES string of the molecule is CNC(C)CCC(C)(C)O. The van der Waals surface area contributed by atoms with E-state index >= 15 is 0 Å². The molecule has 0 spiro atoms. The Bertz CT molecular complexity index is 85.7. The average molecular weight is 145 g/mol. The van der Waals surface area contributed by atoms with Crippen molar-refractivity contribution in [2.45, 2.75) is 45.3 Å². The summed E-state index contributed by atoms with van der Waals surface area (Å²) < 4.78 is 0. The minimum absolute atomic E-state index is 0.506. The average Bonchev–Trinajstić information content (AvgIpc) is 1.81. The lowest BCUT2D eigenvalue weighted by molar-refractivity contribution is 0.0663. The Kier molecular flexibility index (Phi) is 3.91. The van der Waals surface area contributed by atoms with Gasteiger partial charge in [0.2, 0.25) is 0 Å². The predicted octanol–water partition coefficient (Wildman–Crippen LogP) is 1.15. The molecule has 2 heteroatoms. The summed E-state index contributed by atoms with van der Waals surface area (Å²) in [5.41, 5.74) is -0.509. The highest BCUT2D eigenvalue weighted by Gasteiger charge is 2.12. The quantitative estimate of drug-likeness (QED) is 0.622. The Labute approximate surface area is 63.6 Å². The van der Waals surface area contributed by atoms with Gasteiger partial charge in [-0.3, -0.25) is 0 Å². The summed E-state index contributed by atoms with van der Waals surface area (Å²) in [7, 11) is 1.94. The second-order valence-corrected chi connectivity index (χ2v) is 3.54. The van der Waals surface area contributed by atoms with Crippen molar-refractivity contribution in [3.8, 4) is 0 Å². The molecule has 1 atom stereocenters. The van der Waals surface area contributed by atoms with Gasteiger partial charge < -0.3 is 10.4 Å². The maximum absolute atomic E-state index is 9.33. The summed E-state index contributed by atoms with van der Waals surface area (Å²) in [6.07, 6.45) is 1.88. The highest BCUT2D eigenvalue weighted by atomic mass is 16.3. The molecule has 0 radical (unpaired) electrons. The molecule has 10 heavy (non-hydrogen) atoms. The van der Waals surface area contributed by atoms with Crippen LogP contribution < -0.4 is 5.32 Å². The van der Waals surface area contributed by atoms with Gasteiger partial charge in [-0.15, -0.1) is 0 Å². The third-order valence-corrected chi connectivity index (χ3v) is 1.68. The van der Waals surface area contributed by atoms with Crippen LogP contribution in [0.5, 0.6) is 0 Å². The van der Waals surface area contributed by atoms with Crippen LogP contribution in [0, 0.1) is 0 Å². The van der Waals surface area contributed by atoms with E-state index < -0.39 is 5.60 Å². The monoisotopic (exact) mass is 145 g/mol. The predicted molar refractivity (Wildman–Crippen MR) is 44.1 cm³/mol. The second-order valence-electron chi connectivity index (χ2n) is 3.54. The highest BCUT2D eigenvalue weighted by Crippen LogP contribution is 2.11. The van der Waals surface area contributed by atoms with Crippen molar-refractivity contribution in [1.82, 2.24) is 5.32 Å². The molecule has 0 aliphatic rings. The third kappa shape index (κ3) is 6.05. The normalized spacial score (nSPS) is 15.3. The summed E-state index contributed by atoms with van der Waals surface area (Å²) in [5.74, 6) is 0. The van der Waals surface area contributed by atoms with Gasteiger partial charge in [0.1, 0.15) is 0 Å². The first-order valence-corrected chi connectivity index (χ1v) is 3.85. The topological polar surface area (TPSA) is 32.3 Å². The standard InChI is InChI=1S/C8H19NO/c1-7(9-4)5-6-8(2,3)10/h7,9-10H,5-6H2,1-4H3. The van der Waals surface area contributed by atoms with E-state index in [0.717, 1.165) is 12.8 Å². The van der Waals surface area contributed by atoms with E-state index in [1.54, 1.807) is 0 Å². The van der Waals surface area contributed by atoms with Gasteiger partial charge in [0, 0.05) is 6.04 Å². The van der Waals surface area contributed by atoms with Crippen LogP contribution in [-0.2, 0) is 0 Å². The molecule has 2 N–H and O–H groups in total. The molecule has 2 nitrogen and oxygen atoms in total. The molecule has 0 aromatic carbocycles. The second kappa shape index (κ2) is 3.94. The van der Waals surface area contributed by atoms with Crippen LogP contribution in [0.25, 0.3) is 0 Å². The van der Waals surface area contributed by atoms with Crippen molar-refractivity contribution in [1.29, 1.82) is 0 Å². The summed E-state index contributed by atoms with van der Waals surface area (Å²) >= 11 is 0. The van der Waals surface area contributed by atoms with E-state index in [2.05, 4.69) is 12.2 Å². The molecular weight excluding hydrogens is 126 g/mol. The van der Waals surface area contributed by atoms with Gasteiger partial charge in [-0.25, -0.2) is 0 Å². The molecule has 0 amide bonds. The summed E-state index contributed by atoms with van der Waals surface area (Å²) in [5, 5.41) is 12.5. The molecule has 0 aromatic rings. The van der Waals surface area contributed by atoms with Crippen molar-refractivity contribution in [2.75, 3.05) is 7.05 Å². The fourth-order valence-electron chi connectivity index (χ4n) is 0.714. The molecule has 0 fully saturated rings. The van der Waals surface area contributed by atoms with Gasteiger partial charge in [-0.1, -0.05) is 0 Å². The van der Waals surface area contributed by atoms with Crippen molar-refractivity contribution in [2.24, 2.45) is 0 Å². The van der Waals surface area contributed by atoms with Gasteiger partial charge in [-0.05, 0) is 40.7 Å². The zero-order valence-corrected chi connectivity index (χ0v) is 7.44. The van der Waals surface area contributed by atoms with Crippen LogP contribution >= 0.6 is 0 Å². The molecule has 0 aliphatic carbocycles. The molecule has 0 saturated carbocycles. The lowest BCUT2D eigenvalue weighted by Crippen LogP contribution is -2.26. The lowest BCUT2D eigenvalue weighted by Gasteiger charge is -2.19. The van der Waals surface area contributed by atoms with Gasteiger partial charge in [-0.2, -0.15) is 0 Å². The molecule has 62 valence electrons. The van der Waals surface area contributed by atoms with Gasteiger partial charge in [0.25, 0.3) is 0 Å². The number of aliphatic hydroxyl groups is 1. The molecule has 0 heterocycles. The van der Waals surface area contributed by atoms with E-state index in [9.17, 15) is 5.11 Å². The van der Waals surface area contributed by atoms with Crippen LogP contribution in [0.4, 0.5) is 0 Å². The minimum atomic E-state index is -0.509. The van der Waals surface area contributed by atoms with Crippen LogP contribution in [0.2, 0.25) is 0 Å². The van der Waals surface area contributed by atoms with Gasteiger partial charge in [0.15, 0.2) is 0 Å². The van der Waals surface area contributed by atoms with Gasteiger partial charge >= 0.3 is 0 Å². The van der Waals surface area contributed by atoms with Crippen molar-refractivity contribution < 1.29 is 5.11 Å². The Hall–Kier alpha value is -0.0800. The Morgan fingerprint density at radius 3 is 2.30 bits per heavy atom. The van der Waals surface area contributed by atoms with Crippen LogP contribution in [0.15, 0.2) is 0 Å². The molecular formula is C8H19NO. The Balaban J connectivity index is 3.36. The van der Waals surface area contributed by atoms with E-state index in [1.807, 2.05) is 20.9 Å². The Morgan fingerprint density at radius 1 is 1.50 bits per heavy atom. The number of nitrogens with one attached hydrogen (secondary N) is 1. The zero-order chi connectivity index (χ0) is 8.20. The first kappa shape index (κ1) is 9.92. The minimum Gasteiger partial charge on any atom is -0.390 e. The van der Waals surface area contributed by atoms with Crippen molar-refractivity contribution in [3.63, 3.8) is 0 Å². The van der Waals surface area contributed by atoms with E-state index in [4.69, 9.17) is 0 Å². The summed E-state index contributed by atoms with van der Waals surface area (Å²) in [6, 6.07) is 0.506. The maximum Gasteiger partial charge on any atom is 0.0592 e. The summed E-state index contributed by atoms with van der Waals surface area (Å²) in [4.78, 5) is 0. The van der Waals surface area contributed by atoms with E-state index in [0.29, 0.717) is 6.04 Å². The van der Waals surface area contributed by atoms with Crippen molar-refractivity contribution >= 4 is 0 Å². The molecule has 0 saturated heterocycles. The largest absolute Gasteiger partial charge is 0.390 e. The molecule has 0 aromatic heterocycles. The first-order valence-electron chi connectivity index (χ1n) is 3.85. The number of hydrogen-bond donors (Lipinski definition) is 2. The van der Waals surface area contributed by atoms with Gasteiger partial charge in [0.05, 0.1) is 5.60 Å². The Morgan fingerprint density at radius 2 is 2.00 bits per heavy atom. The number of rotatable bonds is 4. The third-order valence-electron chi connectivity index (χ3n) is 1.68. The molecule has 0 rings (SSSR count). The van der Waals surface area contributed by atoms with Crippen LogP contribution in [0.1, 0.15) is 33.6 Å². The molecule has 0 bridgehead atoms. The van der Waals surface area contributed by atoms with Crippen molar-refractivity contribution in [3.05, 3.63) is 0 Å². The highest BCUT2D eigenvalue weighted by molar-refractivity contribution is 4.68. The lowest BCUT2D eigenvalue weighted by atomic mass is 10.0. The zero-order valence-electron chi connectivity index (χ0n) is 7.44.